The lowest BCUT2D eigenvalue weighted by atomic mass is 10.1. The summed E-state index contributed by atoms with van der Waals surface area (Å²) in [6, 6.07) is 8.05. The lowest BCUT2D eigenvalue weighted by Gasteiger charge is -2.18. The molecule has 2 aromatic heterocycles. The number of nitrogens with zero attached hydrogens (tertiary/aromatic N) is 4. The van der Waals surface area contributed by atoms with Gasteiger partial charge in [-0.15, -0.1) is 0 Å². The fourth-order valence-electron chi connectivity index (χ4n) is 2.71. The SMILES string of the molecule is CN(CC(=O)Nc1ccccc1C(F)(F)F)C(=O)CCc1nc(-c2ccncc2)no1. The van der Waals surface area contributed by atoms with E-state index in [4.69, 9.17) is 4.52 Å². The molecule has 2 heterocycles. The van der Waals surface area contributed by atoms with Gasteiger partial charge in [0.15, 0.2) is 0 Å². The summed E-state index contributed by atoms with van der Waals surface area (Å²) in [5.41, 5.74) is -0.613. The minimum absolute atomic E-state index is 0.0130. The summed E-state index contributed by atoms with van der Waals surface area (Å²) in [5, 5.41) is 6.04. The monoisotopic (exact) mass is 433 g/mol. The first-order valence-electron chi connectivity index (χ1n) is 9.17. The van der Waals surface area contributed by atoms with E-state index in [2.05, 4.69) is 20.4 Å². The third-order valence-electron chi connectivity index (χ3n) is 4.27. The molecule has 2 amide bonds. The molecule has 0 saturated heterocycles. The molecule has 8 nitrogen and oxygen atoms in total. The summed E-state index contributed by atoms with van der Waals surface area (Å²) >= 11 is 0. The lowest BCUT2D eigenvalue weighted by molar-refractivity contribution is -0.137. The van der Waals surface area contributed by atoms with Crippen LogP contribution < -0.4 is 5.32 Å². The van der Waals surface area contributed by atoms with Crippen molar-refractivity contribution in [3.8, 4) is 11.4 Å². The van der Waals surface area contributed by atoms with Crippen LogP contribution in [0.3, 0.4) is 0 Å². The number of benzene rings is 1. The predicted octanol–water partition coefficient (Wildman–Crippen LogP) is 3.18. The highest BCUT2D eigenvalue weighted by molar-refractivity contribution is 5.95. The van der Waals surface area contributed by atoms with Crippen LogP contribution in [-0.2, 0) is 22.2 Å². The highest BCUT2D eigenvalue weighted by atomic mass is 19.4. The molecular formula is C20H18F3N5O3. The molecule has 0 aliphatic rings. The molecule has 0 aliphatic heterocycles. The van der Waals surface area contributed by atoms with E-state index in [0.29, 0.717) is 11.4 Å². The van der Waals surface area contributed by atoms with Crippen molar-refractivity contribution in [1.82, 2.24) is 20.0 Å². The predicted molar refractivity (Wildman–Crippen MR) is 104 cm³/mol. The Morgan fingerprint density at radius 2 is 1.84 bits per heavy atom. The third-order valence-corrected chi connectivity index (χ3v) is 4.27. The maximum absolute atomic E-state index is 13.0. The van der Waals surface area contributed by atoms with Crippen LogP contribution in [0, 0.1) is 0 Å². The molecule has 0 unspecified atom stereocenters. The van der Waals surface area contributed by atoms with Gasteiger partial charge in [-0.1, -0.05) is 17.3 Å². The van der Waals surface area contributed by atoms with E-state index in [1.165, 1.54) is 19.2 Å². The molecule has 3 rings (SSSR count). The number of aryl methyl sites for hydroxylation is 1. The number of halogens is 3. The summed E-state index contributed by atoms with van der Waals surface area (Å²) in [6.45, 7) is -0.406. The van der Waals surface area contributed by atoms with E-state index in [1.54, 1.807) is 24.5 Å². The average Bonchev–Trinajstić information content (AvgIpc) is 3.21. The number of pyridine rings is 1. The van der Waals surface area contributed by atoms with Crippen LogP contribution in [0.1, 0.15) is 17.9 Å². The molecule has 0 fully saturated rings. The van der Waals surface area contributed by atoms with Crippen molar-refractivity contribution in [1.29, 1.82) is 0 Å². The number of likely N-dealkylation sites (N-methyl/N-ethyl adjacent to an activating group) is 1. The van der Waals surface area contributed by atoms with Gasteiger partial charge < -0.3 is 14.7 Å². The zero-order valence-corrected chi connectivity index (χ0v) is 16.4. The number of rotatable bonds is 7. The van der Waals surface area contributed by atoms with Crippen molar-refractivity contribution in [3.05, 3.63) is 60.2 Å². The standard InChI is InChI=1S/C20H18F3N5O3/c1-28(12-16(29)25-15-5-3-2-4-14(15)20(21,22)23)18(30)7-6-17-26-19(27-31-17)13-8-10-24-11-9-13/h2-5,8-11H,6-7,12H2,1H3,(H,25,29). The first-order chi connectivity index (χ1) is 14.7. The number of para-hydroxylation sites is 1. The fourth-order valence-corrected chi connectivity index (χ4v) is 2.71. The topological polar surface area (TPSA) is 101 Å². The van der Waals surface area contributed by atoms with E-state index in [9.17, 15) is 22.8 Å². The Morgan fingerprint density at radius 3 is 2.55 bits per heavy atom. The van der Waals surface area contributed by atoms with Crippen LogP contribution in [0.4, 0.5) is 18.9 Å². The fraction of sp³-hybridized carbons (Fsp3) is 0.250. The molecule has 0 atom stereocenters. The molecule has 0 saturated carbocycles. The van der Waals surface area contributed by atoms with Crippen LogP contribution in [0.5, 0.6) is 0 Å². The molecule has 11 heteroatoms. The van der Waals surface area contributed by atoms with Crippen molar-refractivity contribution in [2.75, 3.05) is 18.9 Å². The number of aromatic nitrogens is 3. The number of hydrogen-bond donors (Lipinski definition) is 1. The number of nitrogens with one attached hydrogen (secondary N) is 1. The second-order valence-electron chi connectivity index (χ2n) is 6.59. The normalized spacial score (nSPS) is 11.2. The number of carbonyl (C=O) groups excluding carboxylic acids is 2. The molecule has 0 spiro atoms. The summed E-state index contributed by atoms with van der Waals surface area (Å²) in [4.78, 5) is 33.6. The zero-order chi connectivity index (χ0) is 22.4. The van der Waals surface area contributed by atoms with Crippen molar-refractivity contribution in [2.45, 2.75) is 19.0 Å². The minimum Gasteiger partial charge on any atom is -0.339 e. The summed E-state index contributed by atoms with van der Waals surface area (Å²) in [7, 11) is 1.38. The van der Waals surface area contributed by atoms with E-state index in [-0.39, 0.29) is 24.4 Å². The number of anilines is 1. The average molecular weight is 433 g/mol. The van der Waals surface area contributed by atoms with E-state index in [0.717, 1.165) is 17.0 Å². The molecule has 162 valence electrons. The first-order valence-corrected chi connectivity index (χ1v) is 9.17. The maximum atomic E-state index is 13.0. The van der Waals surface area contributed by atoms with Crippen LogP contribution in [0.15, 0.2) is 53.3 Å². The highest BCUT2D eigenvalue weighted by Gasteiger charge is 2.33. The number of amides is 2. The van der Waals surface area contributed by atoms with Crippen molar-refractivity contribution >= 4 is 17.5 Å². The molecule has 0 aliphatic carbocycles. The van der Waals surface area contributed by atoms with E-state index >= 15 is 0 Å². The van der Waals surface area contributed by atoms with Crippen molar-refractivity contribution in [3.63, 3.8) is 0 Å². The van der Waals surface area contributed by atoms with Gasteiger partial charge in [0, 0.05) is 37.8 Å². The zero-order valence-electron chi connectivity index (χ0n) is 16.4. The molecule has 0 bridgehead atoms. The number of alkyl halides is 3. The van der Waals surface area contributed by atoms with Gasteiger partial charge in [-0.05, 0) is 24.3 Å². The van der Waals surface area contributed by atoms with Gasteiger partial charge >= 0.3 is 6.18 Å². The quantitative estimate of drug-likeness (QED) is 0.614. The van der Waals surface area contributed by atoms with E-state index in [1.807, 2.05) is 0 Å². The number of carbonyl (C=O) groups is 2. The maximum Gasteiger partial charge on any atom is 0.418 e. The van der Waals surface area contributed by atoms with Gasteiger partial charge in [-0.25, -0.2) is 0 Å². The number of hydrogen-bond acceptors (Lipinski definition) is 6. The van der Waals surface area contributed by atoms with Gasteiger partial charge in [0.05, 0.1) is 17.8 Å². The smallest absolute Gasteiger partial charge is 0.339 e. The van der Waals surface area contributed by atoms with E-state index < -0.39 is 30.1 Å². The summed E-state index contributed by atoms with van der Waals surface area (Å²) in [5.74, 6) is -0.536. The first kappa shape index (κ1) is 21.9. The summed E-state index contributed by atoms with van der Waals surface area (Å²) in [6.07, 6.45) is -1.30. The Balaban J connectivity index is 1.52. The summed E-state index contributed by atoms with van der Waals surface area (Å²) < 4.78 is 44.2. The highest BCUT2D eigenvalue weighted by Crippen LogP contribution is 2.34. The minimum atomic E-state index is -4.61. The Bertz CT molecular complexity index is 1050. The molecule has 31 heavy (non-hydrogen) atoms. The lowest BCUT2D eigenvalue weighted by Crippen LogP contribution is -2.35. The Hall–Kier alpha value is -3.76. The van der Waals surface area contributed by atoms with Gasteiger partial charge in [-0.3, -0.25) is 14.6 Å². The molecule has 1 N–H and O–H groups in total. The largest absolute Gasteiger partial charge is 0.418 e. The Morgan fingerprint density at radius 1 is 1.13 bits per heavy atom. The van der Waals surface area contributed by atoms with Crippen LogP contribution in [-0.4, -0.2) is 45.4 Å². The van der Waals surface area contributed by atoms with Gasteiger partial charge in [0.1, 0.15) is 0 Å². The molecule has 3 aromatic rings. The van der Waals surface area contributed by atoms with Gasteiger partial charge in [0.2, 0.25) is 23.5 Å². The third kappa shape index (κ3) is 5.87. The van der Waals surface area contributed by atoms with Gasteiger partial charge in [0.25, 0.3) is 0 Å². The van der Waals surface area contributed by atoms with Crippen molar-refractivity contribution in [2.24, 2.45) is 0 Å². The van der Waals surface area contributed by atoms with Crippen LogP contribution in [0.25, 0.3) is 11.4 Å². The Kier molecular flexibility index (Phi) is 6.63. The second kappa shape index (κ2) is 9.37. The Labute approximate surface area is 175 Å². The second-order valence-corrected chi connectivity index (χ2v) is 6.59. The van der Waals surface area contributed by atoms with Gasteiger partial charge in [-0.2, -0.15) is 18.2 Å². The van der Waals surface area contributed by atoms with Crippen LogP contribution in [0.2, 0.25) is 0 Å². The van der Waals surface area contributed by atoms with Crippen LogP contribution >= 0.6 is 0 Å². The molecule has 0 radical (unpaired) electrons. The molecular weight excluding hydrogens is 415 g/mol. The molecule has 1 aromatic carbocycles. The van der Waals surface area contributed by atoms with Crippen molar-refractivity contribution < 1.29 is 27.3 Å².